The van der Waals surface area contributed by atoms with Gasteiger partial charge in [0.15, 0.2) is 5.11 Å². The van der Waals surface area contributed by atoms with Gasteiger partial charge in [0.25, 0.3) is 0 Å². The van der Waals surface area contributed by atoms with Gasteiger partial charge >= 0.3 is 0 Å². The monoisotopic (exact) mass is 532 g/mol. The minimum absolute atomic E-state index is 0.0972. The molecule has 2 aromatic carbocycles. The smallest absolute Gasteiger partial charge is 0.250 e. The molecule has 2 atom stereocenters. The highest BCUT2D eigenvalue weighted by atomic mass is 32.1. The van der Waals surface area contributed by atoms with Gasteiger partial charge in [0.05, 0.1) is 24.5 Å². The molecule has 8 nitrogen and oxygen atoms in total. The third-order valence-corrected chi connectivity index (χ3v) is 6.47. The van der Waals surface area contributed by atoms with Crippen molar-refractivity contribution in [2.24, 2.45) is 0 Å². The summed E-state index contributed by atoms with van der Waals surface area (Å²) in [6, 6.07) is 20.2. The van der Waals surface area contributed by atoms with Crippen LogP contribution in [0.3, 0.4) is 0 Å². The fourth-order valence-electron chi connectivity index (χ4n) is 4.46. The second-order valence-electron chi connectivity index (χ2n) is 8.57. The number of halogens is 1. The molecule has 0 unspecified atom stereocenters. The number of pyridine rings is 1. The van der Waals surface area contributed by atoms with Crippen molar-refractivity contribution in [3.63, 3.8) is 0 Å². The number of aromatic nitrogens is 1. The van der Waals surface area contributed by atoms with E-state index in [-0.39, 0.29) is 24.4 Å². The number of rotatable bonds is 8. The molecule has 1 fully saturated rings. The molecule has 5 rings (SSSR count). The Bertz CT molecular complexity index is 1450. The molecular weight excluding hydrogens is 507 g/mol. The van der Waals surface area contributed by atoms with E-state index in [9.17, 15) is 9.18 Å². The fourth-order valence-corrected chi connectivity index (χ4v) is 4.81. The second kappa shape index (κ2) is 11.0. The highest BCUT2D eigenvalue weighted by Crippen LogP contribution is 2.44. The molecule has 2 N–H and O–H groups in total. The van der Waals surface area contributed by atoms with Crippen molar-refractivity contribution in [1.29, 1.82) is 0 Å². The van der Waals surface area contributed by atoms with Gasteiger partial charge in [-0.3, -0.25) is 9.78 Å². The van der Waals surface area contributed by atoms with Crippen LogP contribution in [0.1, 0.15) is 23.5 Å². The zero-order valence-electron chi connectivity index (χ0n) is 20.7. The lowest BCUT2D eigenvalue weighted by Crippen LogP contribution is -2.29. The average Bonchev–Trinajstić information content (AvgIpc) is 3.54. The van der Waals surface area contributed by atoms with E-state index in [0.29, 0.717) is 33.8 Å². The number of hydrogen-bond donors (Lipinski definition) is 2. The van der Waals surface area contributed by atoms with Gasteiger partial charge in [-0.05, 0) is 78.9 Å². The molecule has 194 valence electrons. The summed E-state index contributed by atoms with van der Waals surface area (Å²) in [6.07, 6.45) is 1.72. The first-order valence-electron chi connectivity index (χ1n) is 11.8. The Balaban J connectivity index is 1.57. The molecular formula is C28H25FN4O4S. The fraction of sp³-hybridized carbons (Fsp3) is 0.179. The Morgan fingerprint density at radius 3 is 2.66 bits per heavy atom. The highest BCUT2D eigenvalue weighted by molar-refractivity contribution is 7.80. The van der Waals surface area contributed by atoms with E-state index in [1.807, 2.05) is 41.3 Å². The quantitative estimate of drug-likeness (QED) is 0.298. The number of hydrogen-bond acceptors (Lipinski definition) is 6. The summed E-state index contributed by atoms with van der Waals surface area (Å²) in [5, 5.41) is 6.67. The van der Waals surface area contributed by atoms with E-state index < -0.39 is 6.04 Å². The molecule has 0 bridgehead atoms. The Kier molecular flexibility index (Phi) is 7.34. The zero-order chi connectivity index (χ0) is 26.6. The van der Waals surface area contributed by atoms with Gasteiger partial charge in [0.2, 0.25) is 5.91 Å². The first-order valence-corrected chi connectivity index (χ1v) is 12.2. The number of carbonyl (C=O) groups is 1. The van der Waals surface area contributed by atoms with Gasteiger partial charge in [-0.25, -0.2) is 4.39 Å². The third-order valence-electron chi connectivity index (χ3n) is 6.16. The summed E-state index contributed by atoms with van der Waals surface area (Å²) < 4.78 is 30.2. The van der Waals surface area contributed by atoms with Crippen molar-refractivity contribution < 1.29 is 23.1 Å². The van der Waals surface area contributed by atoms with Gasteiger partial charge < -0.3 is 29.4 Å². The van der Waals surface area contributed by atoms with Crippen molar-refractivity contribution >= 4 is 34.6 Å². The zero-order valence-corrected chi connectivity index (χ0v) is 21.5. The Labute approximate surface area is 224 Å². The van der Waals surface area contributed by atoms with Crippen LogP contribution in [0.25, 0.3) is 11.3 Å². The van der Waals surface area contributed by atoms with Crippen LogP contribution < -0.4 is 20.3 Å². The van der Waals surface area contributed by atoms with E-state index in [1.165, 1.54) is 26.4 Å². The van der Waals surface area contributed by atoms with Gasteiger partial charge in [-0.2, -0.15) is 0 Å². The van der Waals surface area contributed by atoms with Crippen molar-refractivity contribution in [2.75, 3.05) is 31.0 Å². The molecule has 1 aliphatic rings. The standard InChI is InChI=1S/C28H25FN4O4S/c1-35-16-25(34)31-21-15-19(10-11-23(21)36-2)33-27(26(32-28(33)38)20-5-3-4-14-30-20)24-13-12-22(37-24)17-6-8-18(29)9-7-17/h3-15,26-27H,16H2,1-2H3,(H,31,34)(H,32,38)/t26-,27+/m1/s1. The summed E-state index contributed by atoms with van der Waals surface area (Å²) in [6.45, 7) is -0.0972. The Morgan fingerprint density at radius 2 is 1.95 bits per heavy atom. The molecule has 0 saturated carbocycles. The molecule has 10 heteroatoms. The van der Waals surface area contributed by atoms with Gasteiger partial charge in [0, 0.05) is 24.6 Å². The van der Waals surface area contributed by atoms with Crippen LogP contribution in [-0.4, -0.2) is 36.8 Å². The molecule has 1 amide bonds. The summed E-state index contributed by atoms with van der Waals surface area (Å²) in [7, 11) is 2.98. The van der Waals surface area contributed by atoms with Crippen LogP contribution in [-0.2, 0) is 9.53 Å². The van der Waals surface area contributed by atoms with Gasteiger partial charge in [0.1, 0.15) is 35.7 Å². The first kappa shape index (κ1) is 25.4. The van der Waals surface area contributed by atoms with Crippen LogP contribution in [0.5, 0.6) is 5.75 Å². The van der Waals surface area contributed by atoms with Crippen molar-refractivity contribution in [3.8, 4) is 17.1 Å². The maximum absolute atomic E-state index is 13.5. The summed E-state index contributed by atoms with van der Waals surface area (Å²) in [5.41, 5.74) is 2.71. The van der Waals surface area contributed by atoms with Crippen LogP contribution in [0.15, 0.2) is 83.4 Å². The predicted molar refractivity (Wildman–Crippen MR) is 146 cm³/mol. The molecule has 0 spiro atoms. The van der Waals surface area contributed by atoms with Crippen molar-refractivity contribution in [2.45, 2.75) is 12.1 Å². The number of amides is 1. The number of benzene rings is 2. The topological polar surface area (TPSA) is 88.9 Å². The minimum Gasteiger partial charge on any atom is -0.495 e. The van der Waals surface area contributed by atoms with Crippen LogP contribution in [0.2, 0.25) is 0 Å². The summed E-state index contributed by atoms with van der Waals surface area (Å²) >= 11 is 5.79. The second-order valence-corrected chi connectivity index (χ2v) is 8.96. The van der Waals surface area contributed by atoms with Crippen molar-refractivity contribution in [3.05, 3.63) is 96.3 Å². The number of nitrogens with one attached hydrogen (secondary N) is 2. The van der Waals surface area contributed by atoms with Crippen LogP contribution in [0.4, 0.5) is 15.8 Å². The lowest BCUT2D eigenvalue weighted by Gasteiger charge is -2.27. The molecule has 2 aromatic heterocycles. The molecule has 38 heavy (non-hydrogen) atoms. The minimum atomic E-state index is -0.414. The molecule has 1 aliphatic heterocycles. The molecule has 1 saturated heterocycles. The first-order chi connectivity index (χ1) is 18.5. The number of anilines is 2. The maximum atomic E-state index is 13.5. The third kappa shape index (κ3) is 5.09. The normalized spacial score (nSPS) is 16.8. The summed E-state index contributed by atoms with van der Waals surface area (Å²) in [5.74, 6) is 1.08. The average molecular weight is 533 g/mol. The molecule has 0 aliphatic carbocycles. The van der Waals surface area contributed by atoms with E-state index in [1.54, 1.807) is 30.5 Å². The van der Waals surface area contributed by atoms with Gasteiger partial charge in [-0.15, -0.1) is 0 Å². The van der Waals surface area contributed by atoms with Crippen LogP contribution >= 0.6 is 12.2 Å². The lowest BCUT2D eigenvalue weighted by atomic mass is 10.0. The number of ether oxygens (including phenoxy) is 2. The van der Waals surface area contributed by atoms with Gasteiger partial charge in [-0.1, -0.05) is 6.07 Å². The van der Waals surface area contributed by atoms with Crippen LogP contribution in [0, 0.1) is 5.82 Å². The van der Waals surface area contributed by atoms with E-state index >= 15 is 0 Å². The SMILES string of the molecule is COCC(=O)Nc1cc(N2C(=S)N[C@H](c3ccccn3)[C@@H]2c2ccc(-c3ccc(F)cc3)o2)ccc1OC. The Morgan fingerprint density at radius 1 is 1.13 bits per heavy atom. The highest BCUT2D eigenvalue weighted by Gasteiger charge is 2.42. The number of methoxy groups -OCH3 is 2. The maximum Gasteiger partial charge on any atom is 0.250 e. The number of thiocarbonyl (C=S) groups is 1. The number of furan rings is 1. The largest absolute Gasteiger partial charge is 0.495 e. The molecule has 3 heterocycles. The van der Waals surface area contributed by atoms with E-state index in [2.05, 4.69) is 15.6 Å². The number of carbonyl (C=O) groups excluding carboxylic acids is 1. The van der Waals surface area contributed by atoms with E-state index in [4.69, 9.17) is 26.1 Å². The van der Waals surface area contributed by atoms with Crippen molar-refractivity contribution in [1.82, 2.24) is 10.3 Å². The molecule has 4 aromatic rings. The molecule has 0 radical (unpaired) electrons. The lowest BCUT2D eigenvalue weighted by molar-refractivity contribution is -0.119. The predicted octanol–water partition coefficient (Wildman–Crippen LogP) is 5.25. The number of nitrogens with zero attached hydrogens (tertiary/aromatic N) is 2. The van der Waals surface area contributed by atoms with E-state index in [0.717, 1.165) is 11.3 Å². The Hall–Kier alpha value is -4.28. The summed E-state index contributed by atoms with van der Waals surface area (Å²) in [4.78, 5) is 18.7.